The van der Waals surface area contributed by atoms with Crippen molar-refractivity contribution in [3.8, 4) is 9.75 Å². The van der Waals surface area contributed by atoms with Crippen molar-refractivity contribution in [3.05, 3.63) is 30.8 Å². The van der Waals surface area contributed by atoms with E-state index in [1.807, 2.05) is 0 Å². The van der Waals surface area contributed by atoms with Gasteiger partial charge in [-0.25, -0.2) is 0 Å². The second-order valence-electron chi connectivity index (χ2n) is 2.89. The van der Waals surface area contributed by atoms with Crippen LogP contribution in [0, 0.1) is 0 Å². The van der Waals surface area contributed by atoms with E-state index >= 15 is 0 Å². The molecule has 0 amide bonds. The van der Waals surface area contributed by atoms with Crippen molar-refractivity contribution < 1.29 is 9.59 Å². The zero-order valence-corrected chi connectivity index (χ0v) is 12.5. The van der Waals surface area contributed by atoms with Gasteiger partial charge in [0.1, 0.15) is 0 Å². The summed E-state index contributed by atoms with van der Waals surface area (Å²) in [5, 5.41) is 0. The highest BCUT2D eigenvalue weighted by atomic mass is 79.9. The van der Waals surface area contributed by atoms with Gasteiger partial charge in [-0.1, -0.05) is 0 Å². The third-order valence-electron chi connectivity index (χ3n) is 1.85. The maximum absolute atomic E-state index is 10.7. The van der Waals surface area contributed by atoms with Crippen LogP contribution in [0.25, 0.3) is 9.75 Å². The van der Waals surface area contributed by atoms with Gasteiger partial charge in [-0.15, -0.1) is 22.7 Å². The molecule has 2 aromatic rings. The summed E-state index contributed by atoms with van der Waals surface area (Å²) in [5.74, 6) is 0. The van der Waals surface area contributed by atoms with E-state index in [9.17, 15) is 9.59 Å². The molecule has 16 heavy (non-hydrogen) atoms. The molecule has 2 rings (SSSR count). The summed E-state index contributed by atoms with van der Waals surface area (Å²) in [5.41, 5.74) is 0. The number of carbonyl (C=O) groups excluding carboxylic acids is 2. The molecular weight excluding hydrogens is 376 g/mol. The number of carbonyl (C=O) groups is 2. The van der Waals surface area contributed by atoms with E-state index < -0.39 is 0 Å². The molecule has 6 heteroatoms. The SMILES string of the molecule is O=Cc1cc(Br)c(-c2sc(C=O)cc2Br)s1. The summed E-state index contributed by atoms with van der Waals surface area (Å²) in [6.45, 7) is 0. The Hall–Kier alpha value is -0.300. The third-order valence-corrected chi connectivity index (χ3v) is 5.91. The van der Waals surface area contributed by atoms with Gasteiger partial charge in [0.25, 0.3) is 0 Å². The molecule has 0 bridgehead atoms. The minimum atomic E-state index is 0.662. The van der Waals surface area contributed by atoms with Crippen LogP contribution in [0.3, 0.4) is 0 Å². The maximum Gasteiger partial charge on any atom is 0.160 e. The Morgan fingerprint density at radius 1 is 0.875 bits per heavy atom. The molecule has 0 saturated heterocycles. The van der Waals surface area contributed by atoms with Crippen LogP contribution in [0.15, 0.2) is 21.1 Å². The zero-order chi connectivity index (χ0) is 11.7. The van der Waals surface area contributed by atoms with Crippen molar-refractivity contribution in [2.24, 2.45) is 0 Å². The highest BCUT2D eigenvalue weighted by Gasteiger charge is 2.15. The predicted octanol–water partition coefficient (Wildman–Crippen LogP) is 4.63. The van der Waals surface area contributed by atoms with Crippen molar-refractivity contribution in [1.82, 2.24) is 0 Å². The van der Waals surface area contributed by atoms with Crippen molar-refractivity contribution in [2.45, 2.75) is 0 Å². The number of aldehydes is 2. The zero-order valence-electron chi connectivity index (χ0n) is 7.70. The van der Waals surface area contributed by atoms with Gasteiger partial charge in [0.05, 0.1) is 19.5 Å². The van der Waals surface area contributed by atoms with Crippen LogP contribution in [0.2, 0.25) is 0 Å². The first-order chi connectivity index (χ1) is 7.65. The Labute approximate surface area is 117 Å². The van der Waals surface area contributed by atoms with Crippen LogP contribution in [0.1, 0.15) is 19.3 Å². The smallest absolute Gasteiger partial charge is 0.160 e. The molecule has 82 valence electrons. The van der Waals surface area contributed by atoms with Crippen LogP contribution < -0.4 is 0 Å². The first-order valence-corrected chi connectivity index (χ1v) is 7.37. The molecule has 0 atom stereocenters. The van der Waals surface area contributed by atoms with Crippen LogP contribution in [0.4, 0.5) is 0 Å². The Morgan fingerprint density at radius 2 is 1.25 bits per heavy atom. The topological polar surface area (TPSA) is 34.1 Å². The lowest BCUT2D eigenvalue weighted by Gasteiger charge is -1.94. The molecule has 0 N–H and O–H groups in total. The molecule has 0 aromatic carbocycles. The van der Waals surface area contributed by atoms with Crippen LogP contribution >= 0.6 is 54.5 Å². The Morgan fingerprint density at radius 3 is 1.50 bits per heavy atom. The van der Waals surface area contributed by atoms with Crippen LogP contribution in [-0.4, -0.2) is 12.6 Å². The van der Waals surface area contributed by atoms with E-state index in [0.29, 0.717) is 9.75 Å². The van der Waals surface area contributed by atoms with Crippen molar-refractivity contribution in [3.63, 3.8) is 0 Å². The Kier molecular flexibility index (Phi) is 3.73. The van der Waals surface area contributed by atoms with Gasteiger partial charge in [0.2, 0.25) is 0 Å². The van der Waals surface area contributed by atoms with Gasteiger partial charge in [-0.2, -0.15) is 0 Å². The summed E-state index contributed by atoms with van der Waals surface area (Å²) in [6, 6.07) is 3.56. The minimum absolute atomic E-state index is 0.662. The molecule has 0 fully saturated rings. The maximum atomic E-state index is 10.7. The fraction of sp³-hybridized carbons (Fsp3) is 0. The summed E-state index contributed by atoms with van der Waals surface area (Å²) in [7, 11) is 0. The summed E-state index contributed by atoms with van der Waals surface area (Å²) in [4.78, 5) is 24.6. The highest BCUT2D eigenvalue weighted by Crippen LogP contribution is 2.43. The van der Waals surface area contributed by atoms with Crippen molar-refractivity contribution >= 4 is 67.1 Å². The fourth-order valence-electron chi connectivity index (χ4n) is 1.20. The quantitative estimate of drug-likeness (QED) is 0.728. The van der Waals surface area contributed by atoms with Crippen LogP contribution in [-0.2, 0) is 0 Å². The molecule has 2 nitrogen and oxygen atoms in total. The lowest BCUT2D eigenvalue weighted by molar-refractivity contribution is 0.111. The second-order valence-corrected chi connectivity index (χ2v) is 6.76. The minimum Gasteiger partial charge on any atom is -0.297 e. The largest absolute Gasteiger partial charge is 0.297 e. The van der Waals surface area contributed by atoms with Gasteiger partial charge in [0.15, 0.2) is 12.6 Å². The van der Waals surface area contributed by atoms with Gasteiger partial charge in [-0.3, -0.25) is 9.59 Å². The standard InChI is InChI=1S/C10H4Br2O2S2/c11-7-1-5(3-13)15-9(7)10-8(12)2-6(4-14)16-10/h1-4H. The number of halogens is 2. The predicted molar refractivity (Wildman–Crippen MR) is 73.8 cm³/mol. The van der Waals surface area contributed by atoms with Gasteiger partial charge < -0.3 is 0 Å². The Balaban J connectivity index is 2.56. The molecule has 0 aliphatic rings. The van der Waals surface area contributed by atoms with E-state index in [0.717, 1.165) is 31.3 Å². The first-order valence-electron chi connectivity index (χ1n) is 4.15. The molecule has 0 aliphatic heterocycles. The van der Waals surface area contributed by atoms with Gasteiger partial charge in [0, 0.05) is 8.95 Å². The van der Waals surface area contributed by atoms with E-state index in [1.54, 1.807) is 12.1 Å². The van der Waals surface area contributed by atoms with E-state index in [1.165, 1.54) is 22.7 Å². The summed E-state index contributed by atoms with van der Waals surface area (Å²) >= 11 is 9.62. The summed E-state index contributed by atoms with van der Waals surface area (Å²) < 4.78 is 1.75. The lowest BCUT2D eigenvalue weighted by atomic mass is 10.3. The average Bonchev–Trinajstić information content (AvgIpc) is 2.81. The third kappa shape index (κ3) is 2.20. The molecule has 0 aliphatic carbocycles. The van der Waals surface area contributed by atoms with Gasteiger partial charge >= 0.3 is 0 Å². The normalized spacial score (nSPS) is 10.4. The lowest BCUT2D eigenvalue weighted by Crippen LogP contribution is -1.64. The molecule has 2 heterocycles. The molecule has 0 spiro atoms. The van der Waals surface area contributed by atoms with Crippen molar-refractivity contribution in [2.75, 3.05) is 0 Å². The fourth-order valence-corrected chi connectivity index (χ4v) is 5.03. The monoisotopic (exact) mass is 378 g/mol. The van der Waals surface area contributed by atoms with E-state index in [4.69, 9.17) is 0 Å². The molecular formula is C10H4Br2O2S2. The van der Waals surface area contributed by atoms with Gasteiger partial charge in [-0.05, 0) is 44.0 Å². The van der Waals surface area contributed by atoms with E-state index in [2.05, 4.69) is 31.9 Å². The molecule has 0 radical (unpaired) electrons. The number of thiophene rings is 2. The first kappa shape index (κ1) is 12.2. The van der Waals surface area contributed by atoms with Crippen LogP contribution in [0.5, 0.6) is 0 Å². The molecule has 0 unspecified atom stereocenters. The number of hydrogen-bond acceptors (Lipinski definition) is 4. The summed E-state index contributed by atoms with van der Waals surface area (Å²) in [6.07, 6.45) is 1.64. The van der Waals surface area contributed by atoms with E-state index in [-0.39, 0.29) is 0 Å². The highest BCUT2D eigenvalue weighted by molar-refractivity contribution is 9.11. The molecule has 0 saturated carbocycles. The Bertz CT molecular complexity index is 507. The molecule has 2 aromatic heterocycles. The van der Waals surface area contributed by atoms with Crippen molar-refractivity contribution in [1.29, 1.82) is 0 Å². The average molecular weight is 380 g/mol. The number of rotatable bonds is 3. The second kappa shape index (κ2) is 4.91. The number of hydrogen-bond donors (Lipinski definition) is 0.